The Bertz CT molecular complexity index is 1170. The molecule has 1 amide bonds. The second-order valence-electron chi connectivity index (χ2n) is 7.03. The lowest BCUT2D eigenvalue weighted by Crippen LogP contribution is -2.35. The highest BCUT2D eigenvalue weighted by atomic mass is 32.1. The zero-order valence-corrected chi connectivity index (χ0v) is 17.0. The van der Waals surface area contributed by atoms with Gasteiger partial charge in [-0.2, -0.15) is 0 Å². The number of thiazole rings is 1. The van der Waals surface area contributed by atoms with Crippen LogP contribution in [0, 0.1) is 0 Å². The van der Waals surface area contributed by atoms with Gasteiger partial charge in [0.25, 0.3) is 5.91 Å². The topological polar surface area (TPSA) is 80.5 Å². The second-order valence-corrected chi connectivity index (χ2v) is 8.12. The highest BCUT2D eigenvalue weighted by Crippen LogP contribution is 2.32. The number of amides is 1. The fraction of sp³-hybridized carbons (Fsp3) is 0.227. The number of fused-ring (bicyclic) bond motifs is 1. The van der Waals surface area contributed by atoms with E-state index in [2.05, 4.69) is 15.2 Å². The largest absolute Gasteiger partial charge is 0.443 e. The molecule has 2 aromatic heterocycles. The predicted octanol–water partition coefficient (Wildman–Crippen LogP) is 4.04. The lowest BCUT2D eigenvalue weighted by Gasteiger charge is -2.26. The predicted molar refractivity (Wildman–Crippen MR) is 116 cm³/mol. The Balaban J connectivity index is 1.42. The fourth-order valence-electron chi connectivity index (χ4n) is 3.46. The number of anilines is 1. The average Bonchev–Trinajstić information content (AvgIpc) is 3.41. The third kappa shape index (κ3) is 3.97. The van der Waals surface area contributed by atoms with Gasteiger partial charge >= 0.3 is 0 Å². The summed E-state index contributed by atoms with van der Waals surface area (Å²) < 4.78 is 10.7. The molecular weight excluding hydrogens is 400 g/mol. The number of rotatable bonds is 5. The van der Waals surface area contributed by atoms with E-state index < -0.39 is 0 Å². The summed E-state index contributed by atoms with van der Waals surface area (Å²) >= 11 is 1.52. The van der Waals surface area contributed by atoms with E-state index in [4.69, 9.17) is 14.1 Å². The van der Waals surface area contributed by atoms with Gasteiger partial charge in [0.15, 0.2) is 17.1 Å². The third-order valence-electron chi connectivity index (χ3n) is 5.03. The lowest BCUT2D eigenvalue weighted by molar-refractivity contribution is 0.0347. The number of oxazole rings is 1. The van der Waals surface area contributed by atoms with Crippen LogP contribution < -0.4 is 5.32 Å². The SMILES string of the molecule is O=C(Nc1nc(-c2ccccc2)c(CN2CCOCC2)s1)c1ccc2ocnc2c1. The Hall–Kier alpha value is -3.07. The van der Waals surface area contributed by atoms with Crippen LogP contribution >= 0.6 is 11.3 Å². The second kappa shape index (κ2) is 8.35. The first kappa shape index (κ1) is 18.9. The molecule has 4 aromatic rings. The van der Waals surface area contributed by atoms with E-state index in [1.165, 1.54) is 17.7 Å². The number of ether oxygens (including phenoxy) is 1. The minimum absolute atomic E-state index is 0.216. The molecule has 0 saturated carbocycles. The summed E-state index contributed by atoms with van der Waals surface area (Å²) in [5.74, 6) is -0.216. The van der Waals surface area contributed by atoms with Crippen molar-refractivity contribution in [2.45, 2.75) is 6.54 Å². The van der Waals surface area contributed by atoms with Crippen LogP contribution in [-0.2, 0) is 11.3 Å². The maximum absolute atomic E-state index is 12.8. The quantitative estimate of drug-likeness (QED) is 0.525. The van der Waals surface area contributed by atoms with Crippen molar-refractivity contribution in [3.8, 4) is 11.3 Å². The standard InChI is InChI=1S/C22H20N4O3S/c27-21(16-6-7-18-17(12-16)23-14-29-18)25-22-24-20(15-4-2-1-3-5-15)19(30-22)13-26-8-10-28-11-9-26/h1-7,12,14H,8-11,13H2,(H,24,25,27). The Kier molecular flexibility index (Phi) is 5.27. The number of benzene rings is 2. The molecular formula is C22H20N4O3S. The first-order valence-corrected chi connectivity index (χ1v) is 10.6. The number of carbonyl (C=O) groups is 1. The first-order valence-electron chi connectivity index (χ1n) is 9.76. The average molecular weight is 420 g/mol. The van der Waals surface area contributed by atoms with E-state index >= 15 is 0 Å². The van der Waals surface area contributed by atoms with Crippen LogP contribution in [0.2, 0.25) is 0 Å². The minimum Gasteiger partial charge on any atom is -0.443 e. The van der Waals surface area contributed by atoms with Gasteiger partial charge in [0.2, 0.25) is 0 Å². The van der Waals surface area contributed by atoms with Crippen LogP contribution in [0.3, 0.4) is 0 Å². The molecule has 0 bridgehead atoms. The Labute approximate surface area is 177 Å². The molecule has 1 aliphatic rings. The molecule has 0 radical (unpaired) electrons. The molecule has 5 rings (SSSR count). The van der Waals surface area contributed by atoms with Gasteiger partial charge in [-0.15, -0.1) is 0 Å². The normalized spacial score (nSPS) is 14.8. The zero-order valence-electron chi connectivity index (χ0n) is 16.2. The molecule has 3 heterocycles. The van der Waals surface area contributed by atoms with Crippen molar-refractivity contribution in [3.63, 3.8) is 0 Å². The zero-order chi connectivity index (χ0) is 20.3. The molecule has 0 aliphatic carbocycles. The lowest BCUT2D eigenvalue weighted by atomic mass is 10.1. The van der Waals surface area contributed by atoms with Crippen LogP contribution in [0.25, 0.3) is 22.4 Å². The minimum atomic E-state index is -0.216. The van der Waals surface area contributed by atoms with Gasteiger partial charge < -0.3 is 9.15 Å². The number of carbonyl (C=O) groups excluding carboxylic acids is 1. The molecule has 30 heavy (non-hydrogen) atoms. The Morgan fingerprint density at radius 2 is 1.97 bits per heavy atom. The van der Waals surface area contributed by atoms with E-state index in [-0.39, 0.29) is 5.91 Å². The summed E-state index contributed by atoms with van der Waals surface area (Å²) in [6.45, 7) is 4.06. The van der Waals surface area contributed by atoms with Gasteiger partial charge in [-0.05, 0) is 18.2 Å². The van der Waals surface area contributed by atoms with E-state index in [1.54, 1.807) is 18.2 Å². The highest BCUT2D eigenvalue weighted by Gasteiger charge is 2.19. The molecule has 1 N–H and O–H groups in total. The number of hydrogen-bond acceptors (Lipinski definition) is 7. The van der Waals surface area contributed by atoms with Gasteiger partial charge in [-0.3, -0.25) is 15.0 Å². The van der Waals surface area contributed by atoms with E-state index in [0.29, 0.717) is 21.8 Å². The van der Waals surface area contributed by atoms with Gasteiger partial charge in [-0.1, -0.05) is 41.7 Å². The molecule has 7 nitrogen and oxygen atoms in total. The van der Waals surface area contributed by atoms with E-state index in [9.17, 15) is 4.79 Å². The van der Waals surface area contributed by atoms with Crippen LogP contribution in [0.1, 0.15) is 15.2 Å². The molecule has 0 unspecified atom stereocenters. The summed E-state index contributed by atoms with van der Waals surface area (Å²) in [6, 6.07) is 15.3. The molecule has 152 valence electrons. The van der Waals surface area contributed by atoms with Crippen molar-refractivity contribution < 1.29 is 13.9 Å². The van der Waals surface area contributed by atoms with E-state index in [1.807, 2.05) is 30.3 Å². The van der Waals surface area contributed by atoms with Crippen LogP contribution in [0.5, 0.6) is 0 Å². The van der Waals surface area contributed by atoms with Crippen LogP contribution in [-0.4, -0.2) is 47.1 Å². The number of aromatic nitrogens is 2. The number of morpholine rings is 1. The summed E-state index contributed by atoms with van der Waals surface area (Å²) in [4.78, 5) is 25.2. The van der Waals surface area contributed by atoms with Crippen molar-refractivity contribution in [2.75, 3.05) is 31.6 Å². The maximum Gasteiger partial charge on any atom is 0.257 e. The van der Waals surface area contributed by atoms with Gasteiger partial charge in [0.1, 0.15) is 5.52 Å². The van der Waals surface area contributed by atoms with Crippen LogP contribution in [0.4, 0.5) is 5.13 Å². The first-order chi connectivity index (χ1) is 14.8. The molecule has 1 aliphatic heterocycles. The smallest absolute Gasteiger partial charge is 0.257 e. The van der Waals surface area contributed by atoms with Gasteiger partial charge in [0.05, 0.1) is 18.9 Å². The summed E-state index contributed by atoms with van der Waals surface area (Å²) in [5, 5.41) is 3.54. The van der Waals surface area contributed by atoms with Crippen molar-refractivity contribution >= 4 is 33.5 Å². The van der Waals surface area contributed by atoms with Crippen LogP contribution in [0.15, 0.2) is 59.3 Å². The number of hydrogen-bond donors (Lipinski definition) is 1. The highest BCUT2D eigenvalue weighted by molar-refractivity contribution is 7.16. The Morgan fingerprint density at radius 1 is 1.13 bits per heavy atom. The summed E-state index contributed by atoms with van der Waals surface area (Å²) in [5.41, 5.74) is 3.78. The third-order valence-corrected chi connectivity index (χ3v) is 5.98. The van der Waals surface area contributed by atoms with Crippen molar-refractivity contribution in [3.05, 3.63) is 65.4 Å². The number of nitrogens with one attached hydrogen (secondary N) is 1. The van der Waals surface area contributed by atoms with Crippen molar-refractivity contribution in [2.24, 2.45) is 0 Å². The Morgan fingerprint density at radius 3 is 2.80 bits per heavy atom. The monoisotopic (exact) mass is 420 g/mol. The molecule has 0 spiro atoms. The molecule has 0 atom stereocenters. The van der Waals surface area contributed by atoms with Gasteiger partial charge in [0, 0.05) is 35.6 Å². The number of nitrogens with zero attached hydrogens (tertiary/aromatic N) is 3. The molecule has 1 saturated heterocycles. The fourth-order valence-corrected chi connectivity index (χ4v) is 4.49. The van der Waals surface area contributed by atoms with E-state index in [0.717, 1.165) is 49.0 Å². The van der Waals surface area contributed by atoms with Gasteiger partial charge in [-0.25, -0.2) is 9.97 Å². The molecule has 2 aromatic carbocycles. The van der Waals surface area contributed by atoms with Crippen molar-refractivity contribution in [1.29, 1.82) is 0 Å². The maximum atomic E-state index is 12.8. The summed E-state index contributed by atoms with van der Waals surface area (Å²) in [7, 11) is 0. The molecule has 1 fully saturated rings. The van der Waals surface area contributed by atoms with Crippen molar-refractivity contribution in [1.82, 2.24) is 14.9 Å². The molecule has 8 heteroatoms. The summed E-state index contributed by atoms with van der Waals surface area (Å²) in [6.07, 6.45) is 1.37.